The second kappa shape index (κ2) is 9.58. The molecule has 0 aliphatic carbocycles. The molecular formula is C41H23N3O2. The summed E-state index contributed by atoms with van der Waals surface area (Å²) in [4.78, 5) is 15.3. The Kier molecular flexibility index (Phi) is 5.22. The predicted molar refractivity (Wildman–Crippen MR) is 186 cm³/mol. The van der Waals surface area contributed by atoms with Crippen molar-refractivity contribution in [2.75, 3.05) is 0 Å². The fourth-order valence-corrected chi connectivity index (χ4v) is 6.80. The van der Waals surface area contributed by atoms with Gasteiger partial charge in [-0.1, -0.05) is 115 Å². The van der Waals surface area contributed by atoms with E-state index in [1.54, 1.807) is 0 Å². The molecule has 0 bridgehead atoms. The highest BCUT2D eigenvalue weighted by Crippen LogP contribution is 2.40. The van der Waals surface area contributed by atoms with E-state index in [9.17, 15) is 0 Å². The molecule has 5 heteroatoms. The van der Waals surface area contributed by atoms with Gasteiger partial charge >= 0.3 is 0 Å². The fourth-order valence-electron chi connectivity index (χ4n) is 6.80. The zero-order chi connectivity index (χ0) is 30.2. The standard InChI is InChI=1S/C41H23N3O2/c1-2-10-24(11-3-1)39-42-40(33-16-8-14-29-25(33)20-22-31-27-12-4-6-18-35(27)45-37(29)31)44-41(43-39)34-17-9-15-30-26(34)21-23-32-28-13-5-7-19-36(28)46-38(30)32/h1-23H. The lowest BCUT2D eigenvalue weighted by Gasteiger charge is -2.12. The fraction of sp³-hybridized carbons (Fsp3) is 0. The SMILES string of the molecule is c1ccc(-c2nc(-c3cccc4c3ccc3c5ccccc5oc43)nc(-c3cccc4c3ccc3c5ccccc5oc43)n2)cc1. The summed E-state index contributed by atoms with van der Waals surface area (Å²) in [5.41, 5.74) is 6.23. The summed E-state index contributed by atoms with van der Waals surface area (Å²) in [7, 11) is 0. The van der Waals surface area contributed by atoms with Crippen molar-refractivity contribution < 1.29 is 8.83 Å². The van der Waals surface area contributed by atoms with Crippen LogP contribution < -0.4 is 0 Å². The van der Waals surface area contributed by atoms with Gasteiger partial charge < -0.3 is 8.83 Å². The van der Waals surface area contributed by atoms with Gasteiger partial charge in [-0.25, -0.2) is 15.0 Å². The van der Waals surface area contributed by atoms with E-state index >= 15 is 0 Å². The highest BCUT2D eigenvalue weighted by atomic mass is 16.3. The molecule has 0 amide bonds. The van der Waals surface area contributed by atoms with Crippen LogP contribution in [0.1, 0.15) is 0 Å². The molecule has 0 N–H and O–H groups in total. The second-order valence-corrected chi connectivity index (χ2v) is 11.6. The maximum absolute atomic E-state index is 6.39. The van der Waals surface area contributed by atoms with Crippen LogP contribution in [0.2, 0.25) is 0 Å². The molecule has 0 fully saturated rings. The Morgan fingerprint density at radius 1 is 0.304 bits per heavy atom. The van der Waals surface area contributed by atoms with Crippen molar-refractivity contribution in [1.82, 2.24) is 15.0 Å². The smallest absolute Gasteiger partial charge is 0.164 e. The molecule has 0 aliphatic rings. The normalized spacial score (nSPS) is 11.9. The van der Waals surface area contributed by atoms with Gasteiger partial charge in [-0.3, -0.25) is 0 Å². The third kappa shape index (κ3) is 3.66. The summed E-state index contributed by atoms with van der Waals surface area (Å²) in [6, 6.07) is 47.4. The van der Waals surface area contributed by atoms with E-state index in [2.05, 4.69) is 60.7 Å². The highest BCUT2D eigenvalue weighted by Gasteiger charge is 2.19. The van der Waals surface area contributed by atoms with Crippen LogP contribution in [0.4, 0.5) is 0 Å². The number of hydrogen-bond acceptors (Lipinski definition) is 5. The van der Waals surface area contributed by atoms with Crippen molar-refractivity contribution in [1.29, 1.82) is 0 Å². The number of rotatable bonds is 3. The topological polar surface area (TPSA) is 65.0 Å². The van der Waals surface area contributed by atoms with Crippen LogP contribution in [-0.2, 0) is 0 Å². The van der Waals surface area contributed by atoms with Crippen LogP contribution in [0.3, 0.4) is 0 Å². The molecule has 0 saturated carbocycles. The first kappa shape index (κ1) is 25.0. The lowest BCUT2D eigenvalue weighted by molar-refractivity contribution is 0.672. The van der Waals surface area contributed by atoms with Crippen LogP contribution in [0.5, 0.6) is 0 Å². The third-order valence-corrected chi connectivity index (χ3v) is 8.95. The van der Waals surface area contributed by atoms with E-state index < -0.39 is 0 Å². The molecule has 3 heterocycles. The Morgan fingerprint density at radius 3 is 1.26 bits per heavy atom. The Balaban J connectivity index is 1.24. The minimum Gasteiger partial charge on any atom is -0.455 e. The highest BCUT2D eigenvalue weighted by molar-refractivity contribution is 6.18. The molecule has 0 atom stereocenters. The van der Waals surface area contributed by atoms with Gasteiger partial charge in [0.1, 0.15) is 22.3 Å². The second-order valence-electron chi connectivity index (χ2n) is 11.6. The van der Waals surface area contributed by atoms with E-state index in [-0.39, 0.29) is 0 Å². The molecule has 0 radical (unpaired) electrons. The number of nitrogens with zero attached hydrogens (tertiary/aromatic N) is 3. The maximum atomic E-state index is 6.39. The van der Waals surface area contributed by atoms with Crippen molar-refractivity contribution in [2.24, 2.45) is 0 Å². The average molecular weight is 590 g/mol. The molecule has 0 unspecified atom stereocenters. The first-order valence-electron chi connectivity index (χ1n) is 15.3. The van der Waals surface area contributed by atoms with Crippen molar-refractivity contribution in [3.05, 3.63) is 140 Å². The van der Waals surface area contributed by atoms with Gasteiger partial charge in [0.05, 0.1) is 0 Å². The first-order valence-corrected chi connectivity index (χ1v) is 15.3. The van der Waals surface area contributed by atoms with E-state index in [0.29, 0.717) is 17.5 Å². The zero-order valence-electron chi connectivity index (χ0n) is 24.4. The lowest BCUT2D eigenvalue weighted by Crippen LogP contribution is -2.01. The molecule has 10 rings (SSSR count). The van der Waals surface area contributed by atoms with Gasteiger partial charge in [-0.2, -0.15) is 0 Å². The van der Waals surface area contributed by atoms with E-state index in [1.807, 2.05) is 78.9 Å². The van der Waals surface area contributed by atoms with Crippen molar-refractivity contribution in [3.8, 4) is 34.2 Å². The molecule has 10 aromatic rings. The van der Waals surface area contributed by atoms with Crippen molar-refractivity contribution >= 4 is 65.4 Å². The van der Waals surface area contributed by atoms with Gasteiger partial charge in [0.2, 0.25) is 0 Å². The number of hydrogen-bond donors (Lipinski definition) is 0. The average Bonchev–Trinajstić information content (AvgIpc) is 3.70. The van der Waals surface area contributed by atoms with Crippen LogP contribution in [0.25, 0.3) is 99.6 Å². The minimum atomic E-state index is 0.603. The van der Waals surface area contributed by atoms with E-state index in [0.717, 1.165) is 82.1 Å². The van der Waals surface area contributed by atoms with Crippen LogP contribution in [-0.4, -0.2) is 15.0 Å². The Hall–Kier alpha value is -6.33. The first-order chi connectivity index (χ1) is 22.8. The van der Waals surface area contributed by atoms with Crippen LogP contribution in [0.15, 0.2) is 148 Å². The van der Waals surface area contributed by atoms with Gasteiger partial charge in [-0.05, 0) is 35.0 Å². The third-order valence-electron chi connectivity index (χ3n) is 8.95. The number of aromatic nitrogens is 3. The van der Waals surface area contributed by atoms with Crippen molar-refractivity contribution in [3.63, 3.8) is 0 Å². The quantitative estimate of drug-likeness (QED) is 0.205. The lowest BCUT2D eigenvalue weighted by atomic mass is 10.00. The summed E-state index contributed by atoms with van der Waals surface area (Å²) in [5.74, 6) is 1.82. The molecule has 7 aromatic carbocycles. The molecule has 5 nitrogen and oxygen atoms in total. The summed E-state index contributed by atoms with van der Waals surface area (Å²) in [6.45, 7) is 0. The Labute approximate surface area is 262 Å². The number of furan rings is 2. The largest absolute Gasteiger partial charge is 0.455 e. The van der Waals surface area contributed by atoms with E-state index in [4.69, 9.17) is 23.8 Å². The Bertz CT molecular complexity index is 2640. The summed E-state index contributed by atoms with van der Waals surface area (Å²) >= 11 is 0. The predicted octanol–water partition coefficient (Wildman–Crippen LogP) is 11.0. The molecule has 214 valence electrons. The molecule has 0 aliphatic heterocycles. The zero-order valence-corrected chi connectivity index (χ0v) is 24.4. The minimum absolute atomic E-state index is 0.603. The maximum Gasteiger partial charge on any atom is 0.164 e. The number of benzene rings is 7. The molecule has 0 saturated heterocycles. The Morgan fingerprint density at radius 2 is 0.717 bits per heavy atom. The molecule has 46 heavy (non-hydrogen) atoms. The van der Waals surface area contributed by atoms with E-state index in [1.165, 1.54) is 0 Å². The molecule has 0 spiro atoms. The van der Waals surface area contributed by atoms with Gasteiger partial charge in [0.25, 0.3) is 0 Å². The number of fused-ring (bicyclic) bond motifs is 10. The molecule has 3 aromatic heterocycles. The van der Waals surface area contributed by atoms with Gasteiger partial charge in [0.15, 0.2) is 17.5 Å². The van der Waals surface area contributed by atoms with Crippen LogP contribution >= 0.6 is 0 Å². The summed E-state index contributed by atoms with van der Waals surface area (Å²) in [5, 5.41) is 8.47. The monoisotopic (exact) mass is 589 g/mol. The summed E-state index contributed by atoms with van der Waals surface area (Å²) < 4.78 is 12.8. The van der Waals surface area contributed by atoms with Crippen molar-refractivity contribution in [2.45, 2.75) is 0 Å². The van der Waals surface area contributed by atoms with Gasteiger partial charge in [-0.15, -0.1) is 0 Å². The number of para-hydroxylation sites is 2. The summed E-state index contributed by atoms with van der Waals surface area (Å²) in [6.07, 6.45) is 0. The van der Waals surface area contributed by atoms with Gasteiger partial charge in [0, 0.05) is 49.0 Å². The molecular weight excluding hydrogens is 566 g/mol. The van der Waals surface area contributed by atoms with Crippen LogP contribution in [0, 0.1) is 0 Å².